The lowest BCUT2D eigenvalue weighted by Gasteiger charge is -2.12. The molecule has 1 aromatic heterocycles. The Bertz CT molecular complexity index is 1210. The summed E-state index contributed by atoms with van der Waals surface area (Å²) >= 11 is 11.8. The number of hydrazine groups is 1. The van der Waals surface area contributed by atoms with Crippen molar-refractivity contribution in [2.45, 2.75) is 6.92 Å². The second-order valence-corrected chi connectivity index (χ2v) is 7.32. The van der Waals surface area contributed by atoms with Crippen molar-refractivity contribution in [3.63, 3.8) is 0 Å². The Morgan fingerprint density at radius 2 is 1.79 bits per heavy atom. The molecule has 11 nitrogen and oxygen atoms in total. The molecule has 1 heterocycles. The highest BCUT2D eigenvalue weighted by Gasteiger charge is 2.23. The fourth-order valence-electron chi connectivity index (χ4n) is 2.56. The molecule has 0 aliphatic rings. The highest BCUT2D eigenvalue weighted by atomic mass is 35.5. The number of benzene rings is 2. The third-order valence-corrected chi connectivity index (χ3v) is 4.66. The van der Waals surface area contributed by atoms with Gasteiger partial charge in [0.2, 0.25) is 11.6 Å². The highest BCUT2D eigenvalue weighted by Crippen LogP contribution is 2.31. The van der Waals surface area contributed by atoms with Gasteiger partial charge in [-0.05, 0) is 49.4 Å². The van der Waals surface area contributed by atoms with Gasteiger partial charge < -0.3 is 10.1 Å². The molecular weight excluding hydrogens is 475 g/mol. The maximum Gasteiger partial charge on any atom is 0.355 e. The molecule has 0 fully saturated rings. The summed E-state index contributed by atoms with van der Waals surface area (Å²) in [5, 5.41) is 15.1. The summed E-state index contributed by atoms with van der Waals surface area (Å²) in [5.41, 5.74) is 5.11. The van der Waals surface area contributed by atoms with Gasteiger partial charge in [0.05, 0.1) is 9.95 Å². The normalized spacial score (nSPS) is 10.3. The summed E-state index contributed by atoms with van der Waals surface area (Å²) in [6.45, 7) is 1.000. The van der Waals surface area contributed by atoms with E-state index in [9.17, 15) is 19.7 Å². The number of ether oxygens (including phenoxy) is 1. The molecule has 3 N–H and O–H groups in total. The second-order valence-electron chi connectivity index (χ2n) is 6.47. The van der Waals surface area contributed by atoms with Crippen molar-refractivity contribution in [1.29, 1.82) is 0 Å². The van der Waals surface area contributed by atoms with Crippen molar-refractivity contribution in [2.75, 3.05) is 17.3 Å². The van der Waals surface area contributed by atoms with E-state index in [2.05, 4.69) is 26.1 Å². The van der Waals surface area contributed by atoms with E-state index in [0.29, 0.717) is 16.3 Å². The Labute approximate surface area is 197 Å². The van der Waals surface area contributed by atoms with Crippen LogP contribution in [0.3, 0.4) is 0 Å². The van der Waals surface area contributed by atoms with Crippen molar-refractivity contribution >= 4 is 57.9 Å². The molecule has 0 aliphatic carbocycles. The van der Waals surface area contributed by atoms with Crippen LogP contribution in [-0.2, 0) is 4.79 Å². The van der Waals surface area contributed by atoms with Crippen molar-refractivity contribution in [1.82, 2.24) is 15.4 Å². The lowest BCUT2D eigenvalue weighted by molar-refractivity contribution is -0.383. The first-order valence-corrected chi connectivity index (χ1v) is 10.0. The van der Waals surface area contributed by atoms with Crippen LogP contribution in [0.2, 0.25) is 10.0 Å². The summed E-state index contributed by atoms with van der Waals surface area (Å²) in [5.74, 6) is -0.892. The fourth-order valence-corrected chi connectivity index (χ4v) is 3.02. The van der Waals surface area contributed by atoms with Gasteiger partial charge in [0.15, 0.2) is 12.4 Å². The molecule has 0 radical (unpaired) electrons. The van der Waals surface area contributed by atoms with Crippen LogP contribution in [0.5, 0.6) is 5.75 Å². The Hall–Kier alpha value is -3.96. The average molecular weight is 491 g/mol. The predicted octanol–water partition coefficient (Wildman–Crippen LogP) is 4.16. The van der Waals surface area contributed by atoms with Crippen LogP contribution in [0, 0.1) is 10.1 Å². The zero-order valence-corrected chi connectivity index (χ0v) is 18.5. The predicted molar refractivity (Wildman–Crippen MR) is 122 cm³/mol. The summed E-state index contributed by atoms with van der Waals surface area (Å²) < 4.78 is 5.30. The quantitative estimate of drug-likeness (QED) is 0.228. The molecule has 0 aliphatic heterocycles. The third kappa shape index (κ3) is 6.28. The minimum absolute atomic E-state index is 0.112. The molecule has 0 bridgehead atoms. The van der Waals surface area contributed by atoms with Gasteiger partial charge in [-0.1, -0.05) is 23.2 Å². The van der Waals surface area contributed by atoms with Gasteiger partial charge in [-0.25, -0.2) is 9.97 Å². The Morgan fingerprint density at radius 3 is 2.42 bits per heavy atom. The number of aromatic nitrogens is 2. The van der Waals surface area contributed by atoms with Crippen molar-refractivity contribution < 1.29 is 19.2 Å². The average Bonchev–Trinajstić information content (AvgIpc) is 2.77. The van der Waals surface area contributed by atoms with E-state index in [1.54, 1.807) is 30.3 Å². The molecule has 3 rings (SSSR count). The van der Waals surface area contributed by atoms with Gasteiger partial charge in [-0.3, -0.25) is 30.6 Å². The van der Waals surface area contributed by atoms with Gasteiger partial charge in [0.1, 0.15) is 12.1 Å². The maximum absolute atomic E-state index is 12.1. The summed E-state index contributed by atoms with van der Waals surface area (Å²) in [4.78, 5) is 42.1. The Morgan fingerprint density at radius 1 is 1.09 bits per heavy atom. The monoisotopic (exact) mass is 490 g/mol. The van der Waals surface area contributed by atoms with Gasteiger partial charge >= 0.3 is 5.69 Å². The number of carbonyl (C=O) groups excluding carboxylic acids is 2. The standard InChI is InChI=1S/C20H16Cl2N6O5/c1-11(29)12-2-5-14(6-3-12)25-19-18(28(31)32)20(24-10-23-19)27-26-17(30)9-33-16-7-4-13(21)8-15(16)22/h2-8,10H,9H2,1H3,(H,26,30)(H2,23,24,25,27). The summed E-state index contributed by atoms with van der Waals surface area (Å²) in [6, 6.07) is 10.8. The minimum Gasteiger partial charge on any atom is -0.482 e. The van der Waals surface area contributed by atoms with E-state index < -0.39 is 23.1 Å². The van der Waals surface area contributed by atoms with Gasteiger partial charge in [-0.15, -0.1) is 0 Å². The van der Waals surface area contributed by atoms with Crippen LogP contribution in [0.15, 0.2) is 48.8 Å². The van der Waals surface area contributed by atoms with Gasteiger partial charge in [0.25, 0.3) is 5.91 Å². The molecule has 33 heavy (non-hydrogen) atoms. The van der Waals surface area contributed by atoms with E-state index in [1.165, 1.54) is 19.1 Å². The molecule has 0 atom stereocenters. The number of anilines is 3. The van der Waals surface area contributed by atoms with Crippen molar-refractivity contribution in [3.05, 3.63) is 74.5 Å². The smallest absolute Gasteiger partial charge is 0.355 e. The molecule has 0 saturated carbocycles. The third-order valence-electron chi connectivity index (χ3n) is 4.13. The van der Waals surface area contributed by atoms with Crippen LogP contribution in [0.4, 0.5) is 23.0 Å². The first-order chi connectivity index (χ1) is 15.7. The number of nitrogens with one attached hydrogen (secondary N) is 3. The van der Waals surface area contributed by atoms with E-state index in [-0.39, 0.29) is 28.2 Å². The molecule has 170 valence electrons. The van der Waals surface area contributed by atoms with Crippen molar-refractivity contribution in [3.8, 4) is 5.75 Å². The van der Waals surface area contributed by atoms with E-state index in [1.807, 2.05) is 0 Å². The first-order valence-electron chi connectivity index (χ1n) is 9.24. The van der Waals surface area contributed by atoms with E-state index >= 15 is 0 Å². The van der Waals surface area contributed by atoms with Crippen LogP contribution in [0.25, 0.3) is 0 Å². The van der Waals surface area contributed by atoms with E-state index in [0.717, 1.165) is 6.33 Å². The lowest BCUT2D eigenvalue weighted by Crippen LogP contribution is -2.34. The maximum atomic E-state index is 12.1. The van der Waals surface area contributed by atoms with Crippen LogP contribution in [-0.4, -0.2) is 33.2 Å². The molecule has 0 spiro atoms. The largest absolute Gasteiger partial charge is 0.482 e. The molecule has 2 aromatic carbocycles. The van der Waals surface area contributed by atoms with Crippen LogP contribution in [0.1, 0.15) is 17.3 Å². The Balaban J connectivity index is 1.68. The molecular formula is C20H16Cl2N6O5. The molecule has 0 saturated heterocycles. The zero-order valence-electron chi connectivity index (χ0n) is 17.0. The van der Waals surface area contributed by atoms with Crippen LogP contribution < -0.4 is 20.9 Å². The number of hydrogen-bond donors (Lipinski definition) is 3. The number of carbonyl (C=O) groups is 2. The number of rotatable bonds is 9. The van der Waals surface area contributed by atoms with Gasteiger partial charge in [-0.2, -0.15) is 0 Å². The van der Waals surface area contributed by atoms with Gasteiger partial charge in [0, 0.05) is 16.3 Å². The lowest BCUT2D eigenvalue weighted by atomic mass is 10.1. The fraction of sp³-hybridized carbons (Fsp3) is 0.100. The number of Topliss-reactive ketones (excluding diaryl/α,β-unsaturated/α-hetero) is 1. The second kappa shape index (κ2) is 10.6. The first kappa shape index (κ1) is 23.7. The SMILES string of the molecule is CC(=O)c1ccc(Nc2ncnc(NNC(=O)COc3ccc(Cl)cc3Cl)c2[N+](=O)[O-])cc1. The van der Waals surface area contributed by atoms with Crippen molar-refractivity contribution in [2.24, 2.45) is 0 Å². The number of hydrogen-bond acceptors (Lipinski definition) is 9. The number of nitrogens with zero attached hydrogens (tertiary/aromatic N) is 3. The molecule has 1 amide bonds. The molecule has 3 aromatic rings. The molecule has 0 unspecified atom stereocenters. The summed E-state index contributed by atoms with van der Waals surface area (Å²) in [6.07, 6.45) is 1.08. The Kier molecular flexibility index (Phi) is 7.59. The summed E-state index contributed by atoms with van der Waals surface area (Å²) in [7, 11) is 0. The minimum atomic E-state index is -0.704. The number of ketones is 1. The van der Waals surface area contributed by atoms with Crippen LogP contribution >= 0.6 is 23.2 Å². The number of amides is 1. The number of halogens is 2. The zero-order chi connectivity index (χ0) is 24.0. The van der Waals surface area contributed by atoms with E-state index in [4.69, 9.17) is 27.9 Å². The highest BCUT2D eigenvalue weighted by molar-refractivity contribution is 6.35. The topological polar surface area (TPSA) is 148 Å². The molecule has 13 heteroatoms. The number of nitro groups is 1.